The summed E-state index contributed by atoms with van der Waals surface area (Å²) in [6.07, 6.45) is 7.39. The van der Waals surface area contributed by atoms with Gasteiger partial charge in [-0.1, -0.05) is 6.92 Å². The Balaban J connectivity index is 1.89. The molecule has 2 atom stereocenters. The van der Waals surface area contributed by atoms with Gasteiger partial charge in [0, 0.05) is 26.4 Å². The number of hydrogen-bond donors (Lipinski definition) is 1. The van der Waals surface area contributed by atoms with Gasteiger partial charge in [0.15, 0.2) is 0 Å². The van der Waals surface area contributed by atoms with Crippen LogP contribution in [0.5, 0.6) is 0 Å². The molecule has 1 spiro atoms. The van der Waals surface area contributed by atoms with Gasteiger partial charge in [0.05, 0.1) is 5.60 Å². The van der Waals surface area contributed by atoms with Gasteiger partial charge in [0.25, 0.3) is 0 Å². The van der Waals surface area contributed by atoms with Crippen molar-refractivity contribution in [2.45, 2.75) is 57.1 Å². The average molecular weight is 301 g/mol. The minimum atomic E-state index is 0.211. The van der Waals surface area contributed by atoms with Crippen molar-refractivity contribution in [3.05, 3.63) is 0 Å². The van der Waals surface area contributed by atoms with Crippen molar-refractivity contribution in [1.82, 2.24) is 5.32 Å². The van der Waals surface area contributed by atoms with Crippen LogP contribution in [-0.4, -0.2) is 50.0 Å². The first-order valence-corrected chi connectivity index (χ1v) is 9.39. The molecule has 1 N–H and O–H groups in total. The molecule has 2 saturated heterocycles. The van der Waals surface area contributed by atoms with E-state index in [2.05, 4.69) is 24.0 Å². The van der Waals surface area contributed by atoms with Crippen LogP contribution in [0.15, 0.2) is 0 Å². The molecule has 2 heterocycles. The Morgan fingerprint density at radius 2 is 2.20 bits per heavy atom. The third-order valence-electron chi connectivity index (χ3n) is 4.83. The first-order valence-electron chi connectivity index (χ1n) is 8.24. The monoisotopic (exact) mass is 301 g/mol. The lowest BCUT2D eigenvalue weighted by atomic mass is 9.77. The van der Waals surface area contributed by atoms with Crippen LogP contribution in [0.3, 0.4) is 0 Å². The van der Waals surface area contributed by atoms with Crippen LogP contribution >= 0.6 is 11.8 Å². The lowest BCUT2D eigenvalue weighted by Gasteiger charge is -2.45. The maximum atomic E-state index is 6.22. The highest BCUT2D eigenvalue weighted by Gasteiger charge is 2.40. The summed E-state index contributed by atoms with van der Waals surface area (Å²) in [5, 5.41) is 3.72. The van der Waals surface area contributed by atoms with E-state index in [0.717, 1.165) is 32.1 Å². The molecule has 3 nitrogen and oxygen atoms in total. The lowest BCUT2D eigenvalue weighted by Crippen LogP contribution is -2.48. The first-order chi connectivity index (χ1) is 9.79. The van der Waals surface area contributed by atoms with Crippen LogP contribution in [0.4, 0.5) is 0 Å². The minimum Gasteiger partial charge on any atom is -0.385 e. The molecule has 0 aromatic rings. The molecule has 0 radical (unpaired) electrons. The molecule has 0 aromatic carbocycles. The van der Waals surface area contributed by atoms with Gasteiger partial charge >= 0.3 is 0 Å². The summed E-state index contributed by atoms with van der Waals surface area (Å²) >= 11 is 2.09. The van der Waals surface area contributed by atoms with Gasteiger partial charge in [-0.15, -0.1) is 0 Å². The Kier molecular flexibility index (Phi) is 7.15. The fourth-order valence-corrected chi connectivity index (χ4v) is 4.95. The second-order valence-electron chi connectivity index (χ2n) is 6.20. The molecule has 2 aliphatic rings. The summed E-state index contributed by atoms with van der Waals surface area (Å²) in [5.74, 6) is 3.34. The summed E-state index contributed by atoms with van der Waals surface area (Å²) in [7, 11) is 1.80. The standard InChI is InChI=1S/C16H31NO2S/c1-3-17-15(5-4-9-18-2)14-6-10-19-16(13-14)7-11-20-12-8-16/h14-15,17H,3-13H2,1-2H3. The van der Waals surface area contributed by atoms with Crippen molar-refractivity contribution < 1.29 is 9.47 Å². The van der Waals surface area contributed by atoms with Crippen LogP contribution in [0, 0.1) is 5.92 Å². The zero-order chi connectivity index (χ0) is 14.3. The molecule has 2 fully saturated rings. The number of methoxy groups -OCH3 is 1. The zero-order valence-corrected chi connectivity index (χ0v) is 14.0. The normalized spacial score (nSPS) is 27.6. The smallest absolute Gasteiger partial charge is 0.0701 e. The van der Waals surface area contributed by atoms with Gasteiger partial charge < -0.3 is 14.8 Å². The lowest BCUT2D eigenvalue weighted by molar-refractivity contribution is -0.107. The maximum absolute atomic E-state index is 6.22. The topological polar surface area (TPSA) is 30.5 Å². The summed E-state index contributed by atoms with van der Waals surface area (Å²) < 4.78 is 11.4. The van der Waals surface area contributed by atoms with E-state index in [9.17, 15) is 0 Å². The Morgan fingerprint density at radius 1 is 1.40 bits per heavy atom. The van der Waals surface area contributed by atoms with Crippen LogP contribution in [0.1, 0.15) is 45.4 Å². The van der Waals surface area contributed by atoms with E-state index in [0.29, 0.717) is 6.04 Å². The second kappa shape index (κ2) is 8.62. The van der Waals surface area contributed by atoms with E-state index in [1.165, 1.54) is 43.6 Å². The van der Waals surface area contributed by atoms with Crippen molar-refractivity contribution in [3.8, 4) is 0 Å². The Bertz CT molecular complexity index is 264. The molecular weight excluding hydrogens is 270 g/mol. The molecule has 118 valence electrons. The first kappa shape index (κ1) is 16.6. The zero-order valence-electron chi connectivity index (χ0n) is 13.2. The summed E-state index contributed by atoms with van der Waals surface area (Å²) in [5.41, 5.74) is 0.211. The van der Waals surface area contributed by atoms with Gasteiger partial charge in [-0.2, -0.15) is 11.8 Å². The van der Waals surface area contributed by atoms with Crippen molar-refractivity contribution in [2.24, 2.45) is 5.92 Å². The largest absolute Gasteiger partial charge is 0.385 e. The van der Waals surface area contributed by atoms with Crippen molar-refractivity contribution in [2.75, 3.05) is 38.4 Å². The van der Waals surface area contributed by atoms with E-state index in [-0.39, 0.29) is 5.60 Å². The second-order valence-corrected chi connectivity index (χ2v) is 7.42. The van der Waals surface area contributed by atoms with Crippen LogP contribution < -0.4 is 5.32 Å². The van der Waals surface area contributed by atoms with Gasteiger partial charge in [-0.3, -0.25) is 0 Å². The molecule has 2 rings (SSSR count). The summed E-state index contributed by atoms with van der Waals surface area (Å²) in [6.45, 7) is 5.13. The number of nitrogens with one attached hydrogen (secondary N) is 1. The molecule has 0 aromatic heterocycles. The molecule has 2 aliphatic heterocycles. The highest BCUT2D eigenvalue weighted by molar-refractivity contribution is 7.99. The van der Waals surface area contributed by atoms with Crippen molar-refractivity contribution >= 4 is 11.8 Å². The third kappa shape index (κ3) is 4.62. The van der Waals surface area contributed by atoms with E-state index >= 15 is 0 Å². The van der Waals surface area contributed by atoms with Crippen LogP contribution in [0.25, 0.3) is 0 Å². The van der Waals surface area contributed by atoms with E-state index in [1.807, 2.05) is 0 Å². The quantitative estimate of drug-likeness (QED) is 0.732. The molecule has 0 saturated carbocycles. The Morgan fingerprint density at radius 3 is 2.90 bits per heavy atom. The predicted molar refractivity (Wildman–Crippen MR) is 86.5 cm³/mol. The van der Waals surface area contributed by atoms with Crippen LogP contribution in [0.2, 0.25) is 0 Å². The molecule has 2 unspecified atom stereocenters. The van der Waals surface area contributed by atoms with Crippen molar-refractivity contribution in [3.63, 3.8) is 0 Å². The Hall–Kier alpha value is 0.230. The SMILES string of the molecule is CCNC(CCCOC)C1CCOC2(CCSCC2)C1. The summed E-state index contributed by atoms with van der Waals surface area (Å²) in [6, 6.07) is 0.644. The molecular formula is C16H31NO2S. The van der Waals surface area contributed by atoms with Gasteiger partial charge in [0.1, 0.15) is 0 Å². The third-order valence-corrected chi connectivity index (χ3v) is 5.82. The van der Waals surface area contributed by atoms with E-state index < -0.39 is 0 Å². The fraction of sp³-hybridized carbons (Fsp3) is 1.00. The minimum absolute atomic E-state index is 0.211. The molecule has 0 aliphatic carbocycles. The van der Waals surface area contributed by atoms with Gasteiger partial charge in [-0.25, -0.2) is 0 Å². The average Bonchev–Trinajstić information content (AvgIpc) is 2.47. The molecule has 0 amide bonds. The number of hydrogen-bond acceptors (Lipinski definition) is 4. The molecule has 4 heteroatoms. The van der Waals surface area contributed by atoms with Gasteiger partial charge in [0.2, 0.25) is 0 Å². The Labute approximate surface area is 128 Å². The van der Waals surface area contributed by atoms with E-state index in [1.54, 1.807) is 7.11 Å². The highest BCUT2D eigenvalue weighted by Crippen LogP contribution is 2.41. The molecule has 0 bridgehead atoms. The van der Waals surface area contributed by atoms with Crippen LogP contribution in [-0.2, 0) is 9.47 Å². The van der Waals surface area contributed by atoms with E-state index in [4.69, 9.17) is 9.47 Å². The highest BCUT2D eigenvalue weighted by atomic mass is 32.2. The summed E-state index contributed by atoms with van der Waals surface area (Å²) in [4.78, 5) is 0. The number of thioether (sulfide) groups is 1. The molecule has 20 heavy (non-hydrogen) atoms. The van der Waals surface area contributed by atoms with Crippen molar-refractivity contribution in [1.29, 1.82) is 0 Å². The predicted octanol–water partition coefficient (Wildman–Crippen LogP) is 3.08. The maximum Gasteiger partial charge on any atom is 0.0701 e. The van der Waals surface area contributed by atoms with Gasteiger partial charge in [-0.05, 0) is 62.5 Å². The number of rotatable bonds is 7. The fourth-order valence-electron chi connectivity index (χ4n) is 3.72. The number of ether oxygens (including phenoxy) is 2.